The average molecular weight is 596 g/mol. The van der Waals surface area contributed by atoms with Crippen molar-refractivity contribution < 1.29 is 14.7 Å². The number of hydrogen-bond donors (Lipinski definition) is 4. The van der Waals surface area contributed by atoms with Gasteiger partial charge in [0.15, 0.2) is 0 Å². The van der Waals surface area contributed by atoms with Crippen LogP contribution in [0.2, 0.25) is 10.0 Å². The van der Waals surface area contributed by atoms with Gasteiger partial charge in [-0.2, -0.15) is 0 Å². The van der Waals surface area contributed by atoms with Gasteiger partial charge in [-0.25, -0.2) is 0 Å². The maximum absolute atomic E-state index is 13.7. The number of hydrogen-bond acceptors (Lipinski definition) is 6. The first kappa shape index (κ1) is 29.6. The van der Waals surface area contributed by atoms with Crippen molar-refractivity contribution in [3.05, 3.63) is 135 Å². The summed E-state index contributed by atoms with van der Waals surface area (Å²) in [5.41, 5.74) is 9.20. The number of rotatable bonds is 7. The van der Waals surface area contributed by atoms with E-state index in [-0.39, 0.29) is 25.1 Å². The third-order valence-corrected chi connectivity index (χ3v) is 7.53. The number of fused-ring (bicyclic) bond motifs is 1. The van der Waals surface area contributed by atoms with Crippen molar-refractivity contribution in [1.29, 1.82) is 0 Å². The van der Waals surface area contributed by atoms with Gasteiger partial charge >= 0.3 is 0 Å². The summed E-state index contributed by atoms with van der Waals surface area (Å²) in [5.74, 6) is -1.53. The Morgan fingerprint density at radius 3 is 2.30 bits per heavy atom. The van der Waals surface area contributed by atoms with Crippen LogP contribution in [0.1, 0.15) is 50.7 Å². The van der Waals surface area contributed by atoms with Crippen LogP contribution in [0.5, 0.6) is 0 Å². The molecule has 3 aromatic carbocycles. The monoisotopic (exact) mass is 594 g/mol. The van der Waals surface area contributed by atoms with Gasteiger partial charge in [-0.05, 0) is 47.0 Å². The second kappa shape index (κ2) is 13.8. The minimum absolute atomic E-state index is 0.0286. The molecule has 5 rings (SSSR count). The van der Waals surface area contributed by atoms with Crippen molar-refractivity contribution >= 4 is 47.8 Å². The lowest BCUT2D eigenvalue weighted by molar-refractivity contribution is -0.121. The standard InChI is InChI=1S/C24H21Cl2N3O2S.C6H7NO/c25-15-10-11-18(19(26)12-15)22-21(23(27)30)16-8-4-5-9-17(16)24(31)29(22)13-20(28-32)14-6-2-1-3-7-14;8-5-6-3-1-2-4-7-6/h1-12,20-22,28,32H,13H2,(H2,27,30);1-4,8H,5H2. The first-order chi connectivity index (χ1) is 19.3. The zero-order valence-electron chi connectivity index (χ0n) is 21.3. The summed E-state index contributed by atoms with van der Waals surface area (Å²) < 4.78 is 2.98. The minimum atomic E-state index is -0.779. The summed E-state index contributed by atoms with van der Waals surface area (Å²) >= 11 is 17.0. The topological polar surface area (TPSA) is 109 Å². The highest BCUT2D eigenvalue weighted by atomic mass is 35.5. The van der Waals surface area contributed by atoms with Gasteiger partial charge in [0.1, 0.15) is 0 Å². The van der Waals surface area contributed by atoms with Crippen molar-refractivity contribution in [3.63, 3.8) is 0 Å². The number of carbonyl (C=O) groups excluding carboxylic acids is 2. The van der Waals surface area contributed by atoms with Gasteiger partial charge in [-0.1, -0.05) is 96.7 Å². The van der Waals surface area contributed by atoms with Crippen LogP contribution in [0.3, 0.4) is 0 Å². The Labute approximate surface area is 248 Å². The lowest BCUT2D eigenvalue weighted by Crippen LogP contribution is -2.48. The fourth-order valence-electron chi connectivity index (χ4n) is 4.78. The molecule has 1 aliphatic rings. The van der Waals surface area contributed by atoms with E-state index < -0.39 is 17.9 Å². The predicted octanol–water partition coefficient (Wildman–Crippen LogP) is 5.51. The SMILES string of the molecule is NC(=O)C1c2ccccc2C(=O)N(CC(NS)c2ccccc2)C1c1ccc(Cl)cc1Cl.OCc1ccccn1. The molecule has 4 N–H and O–H groups in total. The van der Waals surface area contributed by atoms with E-state index in [1.807, 2.05) is 42.5 Å². The van der Waals surface area contributed by atoms with E-state index in [1.54, 1.807) is 59.6 Å². The van der Waals surface area contributed by atoms with E-state index in [1.165, 1.54) is 0 Å². The second-order valence-corrected chi connectivity index (χ2v) is 10.2. The Balaban J connectivity index is 0.000000398. The zero-order chi connectivity index (χ0) is 28.6. The summed E-state index contributed by atoms with van der Waals surface area (Å²) in [7, 11) is 0. The normalized spacial score (nSPS) is 16.9. The summed E-state index contributed by atoms with van der Waals surface area (Å²) in [6.07, 6.45) is 1.66. The van der Waals surface area contributed by atoms with Crippen molar-refractivity contribution in [3.8, 4) is 0 Å². The molecule has 0 saturated carbocycles. The van der Waals surface area contributed by atoms with Crippen LogP contribution in [0, 0.1) is 0 Å². The number of nitrogens with one attached hydrogen (secondary N) is 1. The number of pyridine rings is 1. The number of carbonyl (C=O) groups is 2. The number of thiol groups is 1. The van der Waals surface area contributed by atoms with Gasteiger partial charge in [0.05, 0.1) is 30.3 Å². The lowest BCUT2D eigenvalue weighted by atomic mass is 9.79. The highest BCUT2D eigenvalue weighted by molar-refractivity contribution is 7.78. The fourth-order valence-corrected chi connectivity index (χ4v) is 5.53. The summed E-state index contributed by atoms with van der Waals surface area (Å²) in [4.78, 5) is 31.9. The number of primary amides is 1. The maximum Gasteiger partial charge on any atom is 0.254 e. The van der Waals surface area contributed by atoms with E-state index in [9.17, 15) is 9.59 Å². The van der Waals surface area contributed by atoms with Crippen LogP contribution in [0.25, 0.3) is 0 Å². The van der Waals surface area contributed by atoms with Crippen LogP contribution >= 0.6 is 36.0 Å². The molecule has 206 valence electrons. The molecule has 10 heteroatoms. The quantitative estimate of drug-likeness (QED) is 0.211. The molecule has 3 atom stereocenters. The molecule has 0 bridgehead atoms. The maximum atomic E-state index is 13.7. The van der Waals surface area contributed by atoms with E-state index in [0.717, 1.165) is 5.56 Å². The third-order valence-electron chi connectivity index (χ3n) is 6.65. The Kier molecular flexibility index (Phi) is 10.2. The lowest BCUT2D eigenvalue weighted by Gasteiger charge is -2.43. The summed E-state index contributed by atoms with van der Waals surface area (Å²) in [6, 6.07) is 26.2. The molecule has 7 nitrogen and oxygen atoms in total. The Hall–Kier alpha value is -3.40. The zero-order valence-corrected chi connectivity index (χ0v) is 23.7. The predicted molar refractivity (Wildman–Crippen MR) is 160 cm³/mol. The molecular formula is C30H28Cl2N4O3S. The molecule has 0 spiro atoms. The third kappa shape index (κ3) is 6.66. The Bertz CT molecular complexity index is 1460. The minimum Gasteiger partial charge on any atom is -0.390 e. The molecule has 1 aromatic heterocycles. The number of aliphatic hydroxyl groups is 1. The van der Waals surface area contributed by atoms with Gasteiger partial charge in [0.25, 0.3) is 5.91 Å². The number of aromatic nitrogens is 1. The van der Waals surface area contributed by atoms with Crippen LogP contribution in [0.15, 0.2) is 97.2 Å². The molecule has 40 heavy (non-hydrogen) atoms. The van der Waals surface area contributed by atoms with Crippen LogP contribution in [-0.4, -0.2) is 33.3 Å². The van der Waals surface area contributed by atoms with Crippen molar-refractivity contribution in [2.75, 3.05) is 6.54 Å². The van der Waals surface area contributed by atoms with Crippen LogP contribution in [-0.2, 0) is 11.4 Å². The highest BCUT2D eigenvalue weighted by Crippen LogP contribution is 2.45. The van der Waals surface area contributed by atoms with E-state index in [4.69, 9.17) is 34.0 Å². The van der Waals surface area contributed by atoms with Crippen molar-refractivity contribution in [2.45, 2.75) is 24.6 Å². The second-order valence-electron chi connectivity index (χ2n) is 9.11. The van der Waals surface area contributed by atoms with Crippen molar-refractivity contribution in [1.82, 2.24) is 14.6 Å². The molecule has 0 aliphatic carbocycles. The summed E-state index contributed by atoms with van der Waals surface area (Å²) in [6.45, 7) is 0.273. The molecular weight excluding hydrogens is 567 g/mol. The molecule has 2 heterocycles. The molecule has 2 amide bonds. The number of amides is 2. The molecule has 0 saturated heterocycles. The Morgan fingerprint density at radius 1 is 1.00 bits per heavy atom. The summed E-state index contributed by atoms with van der Waals surface area (Å²) in [5, 5.41) is 9.30. The molecule has 0 fully saturated rings. The van der Waals surface area contributed by atoms with Gasteiger partial charge in [-0.15, -0.1) is 0 Å². The first-order valence-electron chi connectivity index (χ1n) is 12.4. The van der Waals surface area contributed by atoms with Crippen LogP contribution < -0.4 is 10.5 Å². The van der Waals surface area contributed by atoms with Gasteiger partial charge < -0.3 is 15.7 Å². The highest BCUT2D eigenvalue weighted by Gasteiger charge is 2.44. The van der Waals surface area contributed by atoms with E-state index in [0.29, 0.717) is 32.4 Å². The van der Waals surface area contributed by atoms with Gasteiger partial charge in [0, 0.05) is 28.4 Å². The average Bonchev–Trinajstić information content (AvgIpc) is 2.98. The number of aliphatic hydroxyl groups excluding tert-OH is 1. The molecule has 4 aromatic rings. The van der Waals surface area contributed by atoms with Crippen LogP contribution in [0.4, 0.5) is 0 Å². The van der Waals surface area contributed by atoms with E-state index in [2.05, 4.69) is 22.5 Å². The number of benzene rings is 3. The number of nitrogens with two attached hydrogens (primary N) is 1. The first-order valence-corrected chi connectivity index (χ1v) is 13.7. The largest absolute Gasteiger partial charge is 0.390 e. The Morgan fingerprint density at radius 2 is 1.70 bits per heavy atom. The number of nitrogens with zero attached hydrogens (tertiary/aromatic N) is 2. The van der Waals surface area contributed by atoms with Gasteiger partial charge in [0.2, 0.25) is 5.91 Å². The number of halogens is 2. The molecule has 0 radical (unpaired) electrons. The molecule has 1 aliphatic heterocycles. The van der Waals surface area contributed by atoms with Gasteiger partial charge in [-0.3, -0.25) is 19.3 Å². The van der Waals surface area contributed by atoms with Crippen molar-refractivity contribution in [2.24, 2.45) is 5.73 Å². The van der Waals surface area contributed by atoms with E-state index >= 15 is 0 Å². The fraction of sp³-hybridized carbons (Fsp3) is 0.167. The smallest absolute Gasteiger partial charge is 0.254 e. The molecule has 3 unspecified atom stereocenters.